The molecule has 142 valence electrons. The van der Waals surface area contributed by atoms with Crippen LogP contribution in [-0.4, -0.2) is 18.2 Å². The minimum absolute atomic E-state index is 0.414. The van der Waals surface area contributed by atoms with Crippen molar-refractivity contribution in [2.45, 2.75) is 0 Å². The van der Waals surface area contributed by atoms with Gasteiger partial charge in [0, 0.05) is 24.3 Å². The third-order valence-corrected chi connectivity index (χ3v) is 3.49. The van der Waals surface area contributed by atoms with Crippen LogP contribution in [0.3, 0.4) is 0 Å². The molecule has 0 unspecified atom stereocenters. The van der Waals surface area contributed by atoms with Gasteiger partial charge in [-0.1, -0.05) is 43.5 Å². The van der Waals surface area contributed by atoms with Gasteiger partial charge in [-0.2, -0.15) is 4.98 Å². The minimum Gasteiger partial charge on any atom is -0.489 e. The lowest BCUT2D eigenvalue weighted by Gasteiger charge is -2.10. The first-order valence-corrected chi connectivity index (χ1v) is 8.77. The lowest BCUT2D eigenvalue weighted by atomic mass is 10.3. The maximum absolute atomic E-state index is 5.82. The highest BCUT2D eigenvalue weighted by Gasteiger charge is 2.05. The van der Waals surface area contributed by atoms with Crippen molar-refractivity contribution in [3.05, 3.63) is 92.0 Å². The average molecular weight is 375 g/mol. The van der Waals surface area contributed by atoms with E-state index >= 15 is 0 Å². The first-order chi connectivity index (χ1) is 13.8. The molecule has 0 aliphatic rings. The molecular formula is C23H21NO4. The quantitative estimate of drug-likeness (QED) is 0.419. The molecule has 0 aliphatic carbocycles. The van der Waals surface area contributed by atoms with Crippen molar-refractivity contribution in [3.8, 4) is 34.8 Å². The van der Waals surface area contributed by atoms with Gasteiger partial charge in [-0.15, -0.1) is 0 Å². The molecule has 3 aromatic rings. The van der Waals surface area contributed by atoms with Gasteiger partial charge in [0.15, 0.2) is 0 Å². The highest BCUT2D eigenvalue weighted by atomic mass is 16.5. The molecule has 0 spiro atoms. The molecule has 0 fully saturated rings. The fraction of sp³-hybridized carbons (Fsp3) is 0.0870. The minimum atomic E-state index is 0.414. The Balaban J connectivity index is 1.69. The molecule has 0 saturated carbocycles. The van der Waals surface area contributed by atoms with Crippen LogP contribution in [0.4, 0.5) is 0 Å². The Labute approximate surface area is 164 Å². The molecule has 0 atom stereocenters. The van der Waals surface area contributed by atoms with Gasteiger partial charge >= 0.3 is 0 Å². The van der Waals surface area contributed by atoms with E-state index in [-0.39, 0.29) is 0 Å². The summed E-state index contributed by atoms with van der Waals surface area (Å²) >= 11 is 0. The van der Waals surface area contributed by atoms with Gasteiger partial charge in [0.25, 0.3) is 0 Å². The van der Waals surface area contributed by atoms with Crippen LogP contribution in [0.15, 0.2) is 92.0 Å². The van der Waals surface area contributed by atoms with Gasteiger partial charge < -0.3 is 18.9 Å². The molecule has 0 aliphatic heterocycles. The van der Waals surface area contributed by atoms with Gasteiger partial charge in [0.2, 0.25) is 11.8 Å². The maximum atomic E-state index is 5.82. The van der Waals surface area contributed by atoms with Crippen molar-refractivity contribution in [1.82, 2.24) is 4.98 Å². The van der Waals surface area contributed by atoms with Crippen molar-refractivity contribution < 1.29 is 18.9 Å². The molecule has 1 aromatic heterocycles. The summed E-state index contributed by atoms with van der Waals surface area (Å²) in [6.07, 6.45) is 3.38. The normalized spacial score (nSPS) is 10.0. The van der Waals surface area contributed by atoms with Crippen LogP contribution in [0.2, 0.25) is 0 Å². The largest absolute Gasteiger partial charge is 0.489 e. The van der Waals surface area contributed by atoms with Crippen LogP contribution in [0, 0.1) is 0 Å². The van der Waals surface area contributed by atoms with Gasteiger partial charge in [-0.05, 0) is 24.3 Å². The molecule has 2 aromatic carbocycles. The second-order valence-corrected chi connectivity index (χ2v) is 5.67. The first-order valence-electron chi connectivity index (χ1n) is 8.77. The van der Waals surface area contributed by atoms with Gasteiger partial charge in [-0.25, -0.2) is 0 Å². The zero-order chi connectivity index (χ0) is 19.6. The van der Waals surface area contributed by atoms with Crippen LogP contribution in [-0.2, 0) is 0 Å². The number of hydrogen-bond donors (Lipinski definition) is 0. The second kappa shape index (κ2) is 9.83. The highest BCUT2D eigenvalue weighted by Crippen LogP contribution is 2.28. The monoisotopic (exact) mass is 375 g/mol. The third-order valence-electron chi connectivity index (χ3n) is 3.49. The Hall–Kier alpha value is -3.73. The van der Waals surface area contributed by atoms with Crippen molar-refractivity contribution in [1.29, 1.82) is 0 Å². The summed E-state index contributed by atoms with van der Waals surface area (Å²) in [7, 11) is 0. The second-order valence-electron chi connectivity index (χ2n) is 5.67. The van der Waals surface area contributed by atoms with Crippen LogP contribution in [0.5, 0.6) is 34.8 Å². The Morgan fingerprint density at radius 1 is 0.643 bits per heavy atom. The Morgan fingerprint density at radius 3 is 1.54 bits per heavy atom. The van der Waals surface area contributed by atoms with Crippen LogP contribution in [0.25, 0.3) is 0 Å². The van der Waals surface area contributed by atoms with E-state index in [9.17, 15) is 0 Å². The third kappa shape index (κ3) is 5.64. The highest BCUT2D eigenvalue weighted by molar-refractivity contribution is 5.37. The van der Waals surface area contributed by atoms with Gasteiger partial charge in [0.05, 0.1) is 0 Å². The Bertz CT molecular complexity index is 866. The van der Waals surface area contributed by atoms with E-state index in [1.807, 2.05) is 42.5 Å². The number of aromatic nitrogens is 1. The zero-order valence-electron chi connectivity index (χ0n) is 15.4. The van der Waals surface area contributed by atoms with Crippen molar-refractivity contribution in [3.63, 3.8) is 0 Å². The summed E-state index contributed by atoms with van der Waals surface area (Å²) in [5, 5.41) is 0. The molecule has 5 heteroatoms. The molecule has 0 radical (unpaired) electrons. The van der Waals surface area contributed by atoms with Crippen molar-refractivity contribution in [2.75, 3.05) is 13.2 Å². The number of benzene rings is 2. The Kier molecular flexibility index (Phi) is 6.68. The predicted octanol–water partition coefficient (Wildman–Crippen LogP) is 5.80. The standard InChI is InChI=1S/C23H21NO4/c1-3-14-25-18-8-5-10-20(16-18)27-22-12-7-13-23(24-22)28-21-11-6-9-19(17-21)26-15-4-2/h3-13,16-17H,1-2,14-15H2. The summed E-state index contributed by atoms with van der Waals surface area (Å²) in [5.74, 6) is 3.45. The fourth-order valence-corrected chi connectivity index (χ4v) is 2.32. The van der Waals surface area contributed by atoms with E-state index in [4.69, 9.17) is 18.9 Å². The molecule has 1 heterocycles. The summed E-state index contributed by atoms with van der Waals surface area (Å²) < 4.78 is 22.7. The van der Waals surface area contributed by atoms with Gasteiger partial charge in [0.1, 0.15) is 36.2 Å². The fourth-order valence-electron chi connectivity index (χ4n) is 2.32. The molecule has 0 bridgehead atoms. The lowest BCUT2D eigenvalue weighted by Crippen LogP contribution is -1.95. The number of rotatable bonds is 10. The molecule has 0 amide bonds. The average Bonchev–Trinajstić information content (AvgIpc) is 2.71. The van der Waals surface area contributed by atoms with Crippen LogP contribution < -0.4 is 18.9 Å². The van der Waals surface area contributed by atoms with Crippen LogP contribution in [0.1, 0.15) is 0 Å². The molecule has 5 nitrogen and oxygen atoms in total. The lowest BCUT2D eigenvalue weighted by molar-refractivity contribution is 0.358. The van der Waals surface area contributed by atoms with Crippen molar-refractivity contribution >= 4 is 0 Å². The zero-order valence-corrected chi connectivity index (χ0v) is 15.4. The molecule has 0 N–H and O–H groups in total. The topological polar surface area (TPSA) is 49.8 Å². The van der Waals surface area contributed by atoms with E-state index in [0.717, 1.165) is 0 Å². The molecule has 3 rings (SSSR count). The Morgan fingerprint density at radius 2 is 1.07 bits per heavy atom. The molecular weight excluding hydrogens is 354 g/mol. The summed E-state index contributed by atoms with van der Waals surface area (Å²) in [6, 6.07) is 20.0. The van der Waals surface area contributed by atoms with E-state index in [1.54, 1.807) is 36.4 Å². The predicted molar refractivity (Wildman–Crippen MR) is 109 cm³/mol. The maximum Gasteiger partial charge on any atom is 0.222 e. The number of pyridine rings is 1. The molecule has 0 saturated heterocycles. The number of hydrogen-bond acceptors (Lipinski definition) is 5. The van der Waals surface area contributed by atoms with E-state index in [2.05, 4.69) is 18.1 Å². The van der Waals surface area contributed by atoms with E-state index in [1.165, 1.54) is 0 Å². The van der Waals surface area contributed by atoms with Crippen LogP contribution >= 0.6 is 0 Å². The molecule has 28 heavy (non-hydrogen) atoms. The summed E-state index contributed by atoms with van der Waals surface area (Å²) in [6.45, 7) is 8.14. The van der Waals surface area contributed by atoms with Gasteiger partial charge in [-0.3, -0.25) is 0 Å². The smallest absolute Gasteiger partial charge is 0.222 e. The van der Waals surface area contributed by atoms with E-state index in [0.29, 0.717) is 48.0 Å². The summed E-state index contributed by atoms with van der Waals surface area (Å²) in [5.41, 5.74) is 0. The number of ether oxygens (including phenoxy) is 4. The first kappa shape index (κ1) is 19.0. The van der Waals surface area contributed by atoms with Crippen molar-refractivity contribution in [2.24, 2.45) is 0 Å². The summed E-state index contributed by atoms with van der Waals surface area (Å²) in [4.78, 5) is 4.39. The van der Waals surface area contributed by atoms with E-state index < -0.39 is 0 Å². The SMILES string of the molecule is C=CCOc1cccc(Oc2cccc(Oc3cccc(OCC=C)c3)n2)c1. The number of nitrogens with zero attached hydrogens (tertiary/aromatic N) is 1.